The topological polar surface area (TPSA) is 54.3 Å². The van der Waals surface area contributed by atoms with E-state index in [4.69, 9.17) is 0 Å². The van der Waals surface area contributed by atoms with Crippen LogP contribution in [0.2, 0.25) is 0 Å². The fourth-order valence-electron chi connectivity index (χ4n) is 2.59. The van der Waals surface area contributed by atoms with E-state index in [1.54, 1.807) is 11.0 Å². The first-order chi connectivity index (χ1) is 9.99. The van der Waals surface area contributed by atoms with Gasteiger partial charge in [-0.1, -0.05) is 12.7 Å². The minimum atomic E-state index is -0.369. The molecule has 2 heterocycles. The molecule has 0 aromatic carbocycles. The zero-order chi connectivity index (χ0) is 15.6. The quantitative estimate of drug-likeness (QED) is 0.925. The molecule has 1 N–H and O–H groups in total. The summed E-state index contributed by atoms with van der Waals surface area (Å²) in [6, 6.07) is 1.92. The fourth-order valence-corrected chi connectivity index (χ4v) is 2.59. The van der Waals surface area contributed by atoms with Gasteiger partial charge in [0, 0.05) is 36.5 Å². The average Bonchev–Trinajstić information content (AvgIpc) is 2.85. The Morgan fingerprint density at radius 3 is 2.67 bits per heavy atom. The van der Waals surface area contributed by atoms with E-state index in [1.807, 2.05) is 25.3 Å². The summed E-state index contributed by atoms with van der Waals surface area (Å²) in [7, 11) is 0. The van der Waals surface area contributed by atoms with Gasteiger partial charge in [0.1, 0.15) is 0 Å². The molecule has 3 amide bonds. The number of hydrogen-bond donors (Lipinski definition) is 1. The SMILES string of the molecule is C=Cc1c(/C(=C\C)N2CCC(=O)NC2=O)ccn1C(C)C. The monoisotopic (exact) mass is 287 g/mol. The molecule has 5 nitrogen and oxygen atoms in total. The van der Waals surface area contributed by atoms with Crippen molar-refractivity contribution in [1.82, 2.24) is 14.8 Å². The van der Waals surface area contributed by atoms with Crippen molar-refractivity contribution < 1.29 is 9.59 Å². The Kier molecular flexibility index (Phi) is 4.31. The van der Waals surface area contributed by atoms with Gasteiger partial charge in [-0.2, -0.15) is 0 Å². The molecular formula is C16H21N3O2. The number of hydrogen-bond acceptors (Lipinski definition) is 2. The lowest BCUT2D eigenvalue weighted by atomic mass is 10.1. The summed E-state index contributed by atoms with van der Waals surface area (Å²) in [5.74, 6) is -0.226. The molecule has 0 unspecified atom stereocenters. The first-order valence-corrected chi connectivity index (χ1v) is 7.10. The van der Waals surface area contributed by atoms with Crippen LogP contribution in [-0.2, 0) is 4.79 Å². The van der Waals surface area contributed by atoms with Crippen LogP contribution >= 0.6 is 0 Å². The molecule has 1 aliphatic heterocycles. The highest BCUT2D eigenvalue weighted by atomic mass is 16.2. The minimum absolute atomic E-state index is 0.226. The second-order valence-electron chi connectivity index (χ2n) is 5.25. The van der Waals surface area contributed by atoms with Crippen LogP contribution in [0.4, 0.5) is 4.79 Å². The van der Waals surface area contributed by atoms with Gasteiger partial charge >= 0.3 is 6.03 Å². The van der Waals surface area contributed by atoms with E-state index in [1.165, 1.54) is 0 Å². The van der Waals surface area contributed by atoms with Crippen molar-refractivity contribution in [2.45, 2.75) is 33.2 Å². The van der Waals surface area contributed by atoms with Crippen molar-refractivity contribution in [2.75, 3.05) is 6.54 Å². The highest BCUT2D eigenvalue weighted by molar-refractivity contribution is 6.00. The maximum atomic E-state index is 12.0. The molecule has 1 aromatic heterocycles. The Balaban J connectivity index is 2.41. The van der Waals surface area contributed by atoms with Crippen molar-refractivity contribution in [1.29, 1.82) is 0 Å². The highest BCUT2D eigenvalue weighted by Crippen LogP contribution is 2.28. The lowest BCUT2D eigenvalue weighted by molar-refractivity contribution is -0.121. The van der Waals surface area contributed by atoms with Gasteiger partial charge in [0.2, 0.25) is 5.91 Å². The molecule has 21 heavy (non-hydrogen) atoms. The van der Waals surface area contributed by atoms with E-state index in [9.17, 15) is 9.59 Å². The van der Waals surface area contributed by atoms with Crippen molar-refractivity contribution in [3.8, 4) is 0 Å². The van der Waals surface area contributed by atoms with Crippen molar-refractivity contribution in [2.24, 2.45) is 0 Å². The number of nitrogens with zero attached hydrogens (tertiary/aromatic N) is 2. The Morgan fingerprint density at radius 2 is 2.14 bits per heavy atom. The van der Waals surface area contributed by atoms with Gasteiger partial charge in [0.05, 0.1) is 5.70 Å². The number of nitrogens with one attached hydrogen (secondary N) is 1. The van der Waals surface area contributed by atoms with Gasteiger partial charge in [-0.15, -0.1) is 0 Å². The van der Waals surface area contributed by atoms with Crippen LogP contribution in [0.25, 0.3) is 11.8 Å². The maximum absolute atomic E-state index is 12.0. The molecule has 0 radical (unpaired) electrons. The van der Waals surface area contributed by atoms with E-state index < -0.39 is 0 Å². The largest absolute Gasteiger partial charge is 0.345 e. The molecule has 1 aliphatic rings. The smallest absolute Gasteiger partial charge is 0.328 e. The van der Waals surface area contributed by atoms with Gasteiger partial charge in [-0.05, 0) is 32.9 Å². The molecule has 1 saturated heterocycles. The van der Waals surface area contributed by atoms with Crippen LogP contribution in [0.5, 0.6) is 0 Å². The Bertz CT molecular complexity index is 611. The number of urea groups is 1. The molecule has 0 aliphatic carbocycles. The Morgan fingerprint density at radius 1 is 1.43 bits per heavy atom. The molecule has 0 saturated carbocycles. The number of imide groups is 1. The number of carbonyl (C=O) groups excluding carboxylic acids is 2. The summed E-state index contributed by atoms with van der Waals surface area (Å²) < 4.78 is 2.11. The Labute approximate surface area is 124 Å². The number of allylic oxidation sites excluding steroid dienone is 1. The normalized spacial score (nSPS) is 16.4. The van der Waals surface area contributed by atoms with Crippen molar-refractivity contribution in [3.05, 3.63) is 36.2 Å². The second kappa shape index (κ2) is 5.99. The van der Waals surface area contributed by atoms with Crippen LogP contribution in [0, 0.1) is 0 Å². The average molecular weight is 287 g/mol. The lowest BCUT2D eigenvalue weighted by Crippen LogP contribution is -2.48. The van der Waals surface area contributed by atoms with Gasteiger partial charge in [0.15, 0.2) is 0 Å². The lowest BCUT2D eigenvalue weighted by Gasteiger charge is -2.29. The van der Waals surface area contributed by atoms with E-state index in [0.29, 0.717) is 19.0 Å². The third-order valence-corrected chi connectivity index (χ3v) is 3.60. The third-order valence-electron chi connectivity index (χ3n) is 3.60. The Hall–Kier alpha value is -2.30. The summed E-state index contributed by atoms with van der Waals surface area (Å²) >= 11 is 0. The first kappa shape index (κ1) is 15.1. The summed E-state index contributed by atoms with van der Waals surface area (Å²) in [4.78, 5) is 24.9. The van der Waals surface area contributed by atoms with Crippen LogP contribution in [0.15, 0.2) is 24.9 Å². The van der Waals surface area contributed by atoms with Gasteiger partial charge in [-0.25, -0.2) is 4.79 Å². The highest BCUT2D eigenvalue weighted by Gasteiger charge is 2.27. The predicted octanol–water partition coefficient (Wildman–Crippen LogP) is 3.01. The molecule has 0 atom stereocenters. The molecule has 5 heteroatoms. The zero-order valence-electron chi connectivity index (χ0n) is 12.7. The van der Waals surface area contributed by atoms with E-state index in [0.717, 1.165) is 17.0 Å². The molecule has 0 bridgehead atoms. The second-order valence-corrected chi connectivity index (χ2v) is 5.25. The van der Waals surface area contributed by atoms with Crippen LogP contribution in [-0.4, -0.2) is 28.0 Å². The van der Waals surface area contributed by atoms with Gasteiger partial charge in [0.25, 0.3) is 0 Å². The maximum Gasteiger partial charge on any atom is 0.328 e. The first-order valence-electron chi connectivity index (χ1n) is 7.10. The van der Waals surface area contributed by atoms with Crippen molar-refractivity contribution >= 4 is 23.7 Å². The molecule has 1 fully saturated rings. The number of aromatic nitrogens is 1. The molecule has 1 aromatic rings. The van der Waals surface area contributed by atoms with Crippen LogP contribution in [0.3, 0.4) is 0 Å². The van der Waals surface area contributed by atoms with E-state index in [-0.39, 0.29) is 11.9 Å². The number of rotatable bonds is 4. The summed E-state index contributed by atoms with van der Waals surface area (Å²) in [5.41, 5.74) is 2.72. The molecular weight excluding hydrogens is 266 g/mol. The minimum Gasteiger partial charge on any atom is -0.345 e. The standard InChI is InChI=1S/C16H21N3O2/c1-5-13-12(7-9-18(13)11(3)4)14(6-2)19-10-8-15(20)17-16(19)21/h5-7,9,11H,1,8,10H2,2-4H3,(H,17,20,21)/b14-6+. The number of amides is 3. The van der Waals surface area contributed by atoms with Gasteiger partial charge in [-0.3, -0.25) is 15.0 Å². The predicted molar refractivity (Wildman–Crippen MR) is 83.4 cm³/mol. The van der Waals surface area contributed by atoms with Gasteiger partial charge < -0.3 is 4.57 Å². The zero-order valence-corrected chi connectivity index (χ0v) is 12.7. The van der Waals surface area contributed by atoms with Crippen molar-refractivity contribution in [3.63, 3.8) is 0 Å². The van der Waals surface area contributed by atoms with E-state index >= 15 is 0 Å². The van der Waals surface area contributed by atoms with Crippen LogP contribution < -0.4 is 5.32 Å². The fraction of sp³-hybridized carbons (Fsp3) is 0.375. The van der Waals surface area contributed by atoms with Crippen LogP contribution in [0.1, 0.15) is 44.5 Å². The summed E-state index contributed by atoms with van der Waals surface area (Å²) in [5, 5.41) is 2.36. The molecule has 2 rings (SSSR count). The molecule has 0 spiro atoms. The summed E-state index contributed by atoms with van der Waals surface area (Å²) in [6.07, 6.45) is 6.00. The van der Waals surface area contributed by atoms with E-state index in [2.05, 4.69) is 30.3 Å². The number of carbonyl (C=O) groups is 2. The third kappa shape index (κ3) is 2.77. The molecule has 112 valence electrons. The summed E-state index contributed by atoms with van der Waals surface area (Å²) in [6.45, 7) is 10.4.